The van der Waals surface area contributed by atoms with Crippen LogP contribution in [0.1, 0.15) is 31.4 Å². The smallest absolute Gasteiger partial charge is 0.0595 e. The van der Waals surface area contributed by atoms with Gasteiger partial charge in [-0.1, -0.05) is 29.3 Å². The van der Waals surface area contributed by atoms with Gasteiger partial charge in [0.15, 0.2) is 0 Å². The number of nitrogens with two attached hydrogens (primary N) is 2. The highest BCUT2D eigenvalue weighted by molar-refractivity contribution is 6.42. The first kappa shape index (κ1) is 12.8. The van der Waals surface area contributed by atoms with Crippen molar-refractivity contribution in [2.75, 3.05) is 0 Å². The van der Waals surface area contributed by atoms with E-state index in [9.17, 15) is 0 Å². The van der Waals surface area contributed by atoms with Gasteiger partial charge in [0.1, 0.15) is 0 Å². The fourth-order valence-electron chi connectivity index (χ4n) is 1.35. The van der Waals surface area contributed by atoms with E-state index in [1.165, 1.54) is 0 Å². The van der Waals surface area contributed by atoms with E-state index in [4.69, 9.17) is 34.7 Å². The van der Waals surface area contributed by atoms with Crippen molar-refractivity contribution >= 4 is 23.2 Å². The zero-order valence-electron chi connectivity index (χ0n) is 8.71. The molecule has 0 saturated heterocycles. The highest BCUT2D eigenvalue weighted by Crippen LogP contribution is 2.26. The largest absolute Gasteiger partial charge is 0.328 e. The number of hydrogen-bond donors (Lipinski definition) is 2. The second-order valence-electron chi connectivity index (χ2n) is 3.83. The van der Waals surface area contributed by atoms with E-state index in [0.717, 1.165) is 18.4 Å². The first-order valence-corrected chi connectivity index (χ1v) is 5.72. The molecule has 0 bridgehead atoms. The zero-order valence-corrected chi connectivity index (χ0v) is 10.2. The molecule has 0 aromatic heterocycles. The maximum absolute atomic E-state index is 6.00. The summed E-state index contributed by atoms with van der Waals surface area (Å²) in [6, 6.07) is 5.64. The Labute approximate surface area is 101 Å². The number of rotatable bonds is 4. The Kier molecular flexibility index (Phi) is 4.87. The molecule has 2 nitrogen and oxygen atoms in total. The van der Waals surface area contributed by atoms with Crippen LogP contribution in [0, 0.1) is 0 Å². The quantitative estimate of drug-likeness (QED) is 0.858. The molecule has 0 heterocycles. The highest BCUT2D eigenvalue weighted by atomic mass is 35.5. The van der Waals surface area contributed by atoms with Crippen LogP contribution in [-0.2, 0) is 0 Å². The normalized spacial score (nSPS) is 15.0. The first-order valence-electron chi connectivity index (χ1n) is 4.97. The molecule has 4 N–H and O–H groups in total. The average molecular weight is 247 g/mol. The van der Waals surface area contributed by atoms with Gasteiger partial charge in [0.25, 0.3) is 0 Å². The summed E-state index contributed by atoms with van der Waals surface area (Å²) in [5.74, 6) is 0. The average Bonchev–Trinajstić information content (AvgIpc) is 2.18. The van der Waals surface area contributed by atoms with Gasteiger partial charge in [0, 0.05) is 12.1 Å². The summed E-state index contributed by atoms with van der Waals surface area (Å²) < 4.78 is 0. The van der Waals surface area contributed by atoms with Crippen molar-refractivity contribution in [1.29, 1.82) is 0 Å². The van der Waals surface area contributed by atoms with E-state index in [2.05, 4.69) is 0 Å². The van der Waals surface area contributed by atoms with E-state index in [0.29, 0.717) is 10.0 Å². The molecule has 1 aromatic rings. The number of benzene rings is 1. The third kappa shape index (κ3) is 3.99. The summed E-state index contributed by atoms with van der Waals surface area (Å²) in [6.45, 7) is 1.97. The molecule has 84 valence electrons. The van der Waals surface area contributed by atoms with Crippen molar-refractivity contribution in [3.63, 3.8) is 0 Å². The van der Waals surface area contributed by atoms with E-state index in [-0.39, 0.29) is 12.1 Å². The lowest BCUT2D eigenvalue weighted by Crippen LogP contribution is -2.18. The van der Waals surface area contributed by atoms with Gasteiger partial charge >= 0.3 is 0 Å². The fraction of sp³-hybridized carbons (Fsp3) is 0.455. The Bertz CT molecular complexity index is 326. The van der Waals surface area contributed by atoms with Gasteiger partial charge in [-0.2, -0.15) is 0 Å². The Morgan fingerprint density at radius 2 is 1.80 bits per heavy atom. The molecule has 4 heteroatoms. The van der Waals surface area contributed by atoms with Crippen LogP contribution in [0.5, 0.6) is 0 Å². The van der Waals surface area contributed by atoms with Crippen LogP contribution in [0.25, 0.3) is 0 Å². The minimum atomic E-state index is -0.0224. The maximum atomic E-state index is 6.00. The van der Waals surface area contributed by atoms with Crippen molar-refractivity contribution in [3.05, 3.63) is 33.8 Å². The minimum absolute atomic E-state index is 0.0224. The van der Waals surface area contributed by atoms with Gasteiger partial charge in [0.2, 0.25) is 0 Å². The van der Waals surface area contributed by atoms with Crippen molar-refractivity contribution in [1.82, 2.24) is 0 Å². The summed E-state index contributed by atoms with van der Waals surface area (Å²) in [5, 5.41) is 1.10. The Morgan fingerprint density at radius 1 is 1.13 bits per heavy atom. The molecular formula is C11H16Cl2N2. The molecule has 1 aromatic carbocycles. The lowest BCUT2D eigenvalue weighted by atomic mass is 10.0. The first-order chi connectivity index (χ1) is 7.00. The predicted molar refractivity (Wildman–Crippen MR) is 66.3 cm³/mol. The van der Waals surface area contributed by atoms with Gasteiger partial charge in [-0.3, -0.25) is 0 Å². The Balaban J connectivity index is 2.65. The monoisotopic (exact) mass is 246 g/mol. The second-order valence-corrected chi connectivity index (χ2v) is 4.65. The molecule has 0 saturated carbocycles. The zero-order chi connectivity index (χ0) is 11.4. The predicted octanol–water partition coefficient (Wildman–Crippen LogP) is 3.12. The van der Waals surface area contributed by atoms with Crippen molar-refractivity contribution in [2.45, 2.75) is 31.8 Å². The van der Waals surface area contributed by atoms with Gasteiger partial charge in [0.05, 0.1) is 10.0 Å². The molecule has 1 rings (SSSR count). The van der Waals surface area contributed by atoms with Crippen LogP contribution in [-0.4, -0.2) is 6.04 Å². The third-order valence-electron chi connectivity index (χ3n) is 2.30. The third-order valence-corrected chi connectivity index (χ3v) is 3.04. The summed E-state index contributed by atoms with van der Waals surface area (Å²) >= 11 is 11.7. The van der Waals surface area contributed by atoms with Gasteiger partial charge in [-0.15, -0.1) is 0 Å². The van der Waals surface area contributed by atoms with Crippen molar-refractivity contribution in [3.8, 4) is 0 Å². The number of hydrogen-bond acceptors (Lipinski definition) is 2. The Hall–Kier alpha value is -0.280. The van der Waals surface area contributed by atoms with Crippen molar-refractivity contribution in [2.24, 2.45) is 11.5 Å². The van der Waals surface area contributed by atoms with Crippen LogP contribution in [0.4, 0.5) is 0 Å². The molecule has 15 heavy (non-hydrogen) atoms. The topological polar surface area (TPSA) is 52.0 Å². The lowest BCUT2D eigenvalue weighted by molar-refractivity contribution is 0.555. The Morgan fingerprint density at radius 3 is 2.33 bits per heavy atom. The highest BCUT2D eigenvalue weighted by Gasteiger charge is 2.08. The maximum Gasteiger partial charge on any atom is 0.0595 e. The molecule has 0 fully saturated rings. The molecular weight excluding hydrogens is 231 g/mol. The second kappa shape index (κ2) is 5.71. The van der Waals surface area contributed by atoms with Crippen LogP contribution in [0.3, 0.4) is 0 Å². The lowest BCUT2D eigenvalue weighted by Gasteiger charge is -2.14. The summed E-state index contributed by atoms with van der Waals surface area (Å²) in [4.78, 5) is 0. The molecule has 0 radical (unpaired) electrons. The van der Waals surface area contributed by atoms with Crippen LogP contribution >= 0.6 is 23.2 Å². The van der Waals surface area contributed by atoms with Crippen LogP contribution < -0.4 is 11.5 Å². The van der Waals surface area contributed by atoms with E-state index in [1.807, 2.05) is 19.1 Å². The molecule has 0 aliphatic carbocycles. The SMILES string of the molecule is CC(N)CCC(N)c1ccc(Cl)c(Cl)c1. The van der Waals surface area contributed by atoms with E-state index in [1.54, 1.807) is 6.07 Å². The van der Waals surface area contributed by atoms with Gasteiger partial charge in [-0.05, 0) is 37.5 Å². The van der Waals surface area contributed by atoms with E-state index < -0.39 is 0 Å². The number of halogens is 2. The van der Waals surface area contributed by atoms with Gasteiger partial charge < -0.3 is 11.5 Å². The molecule has 0 amide bonds. The fourth-order valence-corrected chi connectivity index (χ4v) is 1.66. The van der Waals surface area contributed by atoms with Crippen molar-refractivity contribution < 1.29 is 0 Å². The molecule has 0 spiro atoms. The minimum Gasteiger partial charge on any atom is -0.328 e. The molecule has 0 aliphatic heterocycles. The summed E-state index contributed by atoms with van der Waals surface area (Å²) in [7, 11) is 0. The van der Waals surface area contributed by atoms with Crippen LogP contribution in [0.15, 0.2) is 18.2 Å². The standard InChI is InChI=1S/C11H16Cl2N2/c1-7(14)2-5-11(15)8-3-4-9(12)10(13)6-8/h3-4,6-7,11H,2,5,14-15H2,1H3. The molecule has 2 unspecified atom stereocenters. The molecule has 2 atom stereocenters. The van der Waals surface area contributed by atoms with E-state index >= 15 is 0 Å². The summed E-state index contributed by atoms with van der Waals surface area (Å²) in [5.41, 5.74) is 12.7. The summed E-state index contributed by atoms with van der Waals surface area (Å²) in [6.07, 6.45) is 1.76. The van der Waals surface area contributed by atoms with Gasteiger partial charge in [-0.25, -0.2) is 0 Å². The molecule has 0 aliphatic rings. The van der Waals surface area contributed by atoms with Crippen LogP contribution in [0.2, 0.25) is 10.0 Å².